The molecule has 0 fully saturated rings. The number of hydrogen-bond donors (Lipinski definition) is 2. The van der Waals surface area contributed by atoms with Crippen LogP contribution < -0.4 is 5.43 Å². The molecule has 5 nitrogen and oxygen atoms in total. The molecule has 0 aliphatic heterocycles. The maximum atomic E-state index is 13.2. The van der Waals surface area contributed by atoms with Crippen molar-refractivity contribution in [1.29, 1.82) is 0 Å². The van der Waals surface area contributed by atoms with Crippen molar-refractivity contribution in [2.75, 3.05) is 0 Å². The quantitative estimate of drug-likeness (QED) is 0.311. The van der Waals surface area contributed by atoms with Crippen LogP contribution >= 0.6 is 11.6 Å². The maximum absolute atomic E-state index is 13.2. The molecule has 4 rings (SSSR count). The zero-order valence-corrected chi connectivity index (χ0v) is 19.1. The molecule has 0 bridgehead atoms. The van der Waals surface area contributed by atoms with Crippen molar-refractivity contribution in [1.82, 2.24) is 9.99 Å². The van der Waals surface area contributed by atoms with Crippen molar-refractivity contribution in [2.24, 2.45) is 5.10 Å². The van der Waals surface area contributed by atoms with Gasteiger partial charge < -0.3 is 9.67 Å². The molecule has 0 spiro atoms. The second kappa shape index (κ2) is 9.45. The first-order valence-electron chi connectivity index (χ1n) is 10.5. The number of aliphatic hydroxyl groups is 1. The number of nitrogens with zero attached hydrogens (tertiary/aromatic N) is 2. The highest BCUT2D eigenvalue weighted by Crippen LogP contribution is 2.30. The van der Waals surface area contributed by atoms with Crippen LogP contribution in [-0.2, 0) is 10.4 Å². The Morgan fingerprint density at radius 2 is 1.55 bits per heavy atom. The summed E-state index contributed by atoms with van der Waals surface area (Å²) in [5.41, 5.74) is 5.32. The van der Waals surface area contributed by atoms with Crippen LogP contribution in [0.5, 0.6) is 0 Å². The molecule has 6 heteroatoms. The summed E-state index contributed by atoms with van der Waals surface area (Å²) in [6.07, 6.45) is 1.58. The van der Waals surface area contributed by atoms with Gasteiger partial charge in [0.05, 0.1) is 6.21 Å². The maximum Gasteiger partial charge on any atom is 0.281 e. The van der Waals surface area contributed by atoms with E-state index >= 15 is 0 Å². The van der Waals surface area contributed by atoms with Crippen molar-refractivity contribution < 1.29 is 9.90 Å². The Morgan fingerprint density at radius 3 is 2.12 bits per heavy atom. The fraction of sp³-hybridized carbons (Fsp3) is 0.111. The van der Waals surface area contributed by atoms with E-state index in [-0.39, 0.29) is 0 Å². The number of carbonyl (C=O) groups excluding carboxylic acids is 1. The molecular weight excluding hydrogens is 434 g/mol. The molecule has 33 heavy (non-hydrogen) atoms. The third-order valence-electron chi connectivity index (χ3n) is 5.62. The zero-order chi connectivity index (χ0) is 23.4. The van der Waals surface area contributed by atoms with Gasteiger partial charge in [0.15, 0.2) is 5.60 Å². The third-order valence-corrected chi connectivity index (χ3v) is 5.85. The molecule has 0 aliphatic carbocycles. The van der Waals surface area contributed by atoms with E-state index in [0.717, 1.165) is 22.6 Å². The summed E-state index contributed by atoms with van der Waals surface area (Å²) in [4.78, 5) is 13.2. The van der Waals surface area contributed by atoms with Gasteiger partial charge in [-0.05, 0) is 49.2 Å². The molecule has 3 aromatic carbocycles. The van der Waals surface area contributed by atoms with Crippen LogP contribution in [0.4, 0.5) is 0 Å². The second-order valence-corrected chi connectivity index (χ2v) is 8.22. The molecule has 4 aromatic rings. The number of aryl methyl sites for hydroxylation is 1. The smallest absolute Gasteiger partial charge is 0.281 e. The first kappa shape index (κ1) is 22.5. The lowest BCUT2D eigenvalue weighted by atomic mass is 9.85. The molecule has 1 amide bonds. The van der Waals surface area contributed by atoms with Crippen LogP contribution in [0.1, 0.15) is 28.1 Å². The summed E-state index contributed by atoms with van der Waals surface area (Å²) in [7, 11) is 0. The monoisotopic (exact) mass is 457 g/mol. The lowest BCUT2D eigenvalue weighted by Gasteiger charge is -2.27. The fourth-order valence-electron chi connectivity index (χ4n) is 3.96. The van der Waals surface area contributed by atoms with Crippen molar-refractivity contribution in [2.45, 2.75) is 19.4 Å². The van der Waals surface area contributed by atoms with E-state index in [4.69, 9.17) is 11.6 Å². The van der Waals surface area contributed by atoms with E-state index < -0.39 is 11.5 Å². The Hall–Kier alpha value is -3.67. The van der Waals surface area contributed by atoms with Crippen LogP contribution in [0.15, 0.2) is 96.1 Å². The molecule has 0 saturated carbocycles. The number of halogens is 1. The van der Waals surface area contributed by atoms with E-state index in [0.29, 0.717) is 16.1 Å². The number of hydrazone groups is 1. The minimum Gasteiger partial charge on any atom is -0.372 e. The minimum atomic E-state index is -1.88. The molecule has 0 aliphatic rings. The first-order chi connectivity index (χ1) is 15.9. The van der Waals surface area contributed by atoms with Crippen molar-refractivity contribution in [3.8, 4) is 5.69 Å². The summed E-state index contributed by atoms with van der Waals surface area (Å²) < 4.78 is 2.07. The summed E-state index contributed by atoms with van der Waals surface area (Å²) in [6.45, 7) is 3.97. The van der Waals surface area contributed by atoms with Gasteiger partial charge in [-0.15, -0.1) is 0 Å². The Bertz CT molecular complexity index is 1260. The zero-order valence-electron chi connectivity index (χ0n) is 18.4. The van der Waals surface area contributed by atoms with Gasteiger partial charge in [0.2, 0.25) is 0 Å². The third kappa shape index (κ3) is 4.46. The first-order valence-corrected chi connectivity index (χ1v) is 10.9. The molecule has 1 aromatic heterocycles. The van der Waals surface area contributed by atoms with E-state index in [9.17, 15) is 9.90 Å². The van der Waals surface area contributed by atoms with Crippen LogP contribution in [0.2, 0.25) is 5.02 Å². The molecule has 0 radical (unpaired) electrons. The Labute approximate surface area is 198 Å². The van der Waals surface area contributed by atoms with Crippen molar-refractivity contribution >= 4 is 23.7 Å². The summed E-state index contributed by atoms with van der Waals surface area (Å²) >= 11 is 6.16. The molecular formula is C27H24ClN3O2. The van der Waals surface area contributed by atoms with Gasteiger partial charge in [-0.1, -0.05) is 78.3 Å². The minimum absolute atomic E-state index is 0.461. The van der Waals surface area contributed by atoms with Crippen molar-refractivity contribution in [3.05, 3.63) is 124 Å². The Morgan fingerprint density at radius 1 is 0.939 bits per heavy atom. The summed E-state index contributed by atoms with van der Waals surface area (Å²) in [5.74, 6) is -0.639. The van der Waals surface area contributed by atoms with Crippen molar-refractivity contribution in [3.63, 3.8) is 0 Å². The predicted octanol–water partition coefficient (Wildman–Crippen LogP) is 5.13. The topological polar surface area (TPSA) is 66.6 Å². The number of benzene rings is 3. The standard InChI is InChI=1S/C27H24ClN3O2/c1-19-16-21(20(2)31(19)25-15-9-14-24(28)17-25)18-29-30-26(32)27(33,22-10-5-3-6-11-22)23-12-7-4-8-13-23/h3-18,33H,1-2H3,(H,30,32)/b29-18-. The van der Waals surface area contributed by atoms with E-state index in [1.165, 1.54) is 0 Å². The number of nitrogens with one attached hydrogen (secondary N) is 1. The van der Waals surface area contributed by atoms with Gasteiger partial charge in [0.1, 0.15) is 0 Å². The van der Waals surface area contributed by atoms with Gasteiger partial charge in [-0.2, -0.15) is 5.10 Å². The van der Waals surface area contributed by atoms with E-state index in [1.807, 2.05) is 56.3 Å². The summed E-state index contributed by atoms with van der Waals surface area (Å²) in [5, 5.41) is 16.3. The highest BCUT2D eigenvalue weighted by atomic mass is 35.5. The van der Waals surface area contributed by atoms with Crippen LogP contribution in [0, 0.1) is 13.8 Å². The van der Waals surface area contributed by atoms with Gasteiger partial charge in [0.25, 0.3) is 5.91 Å². The van der Waals surface area contributed by atoms with E-state index in [1.54, 1.807) is 54.7 Å². The van der Waals surface area contributed by atoms with Gasteiger partial charge >= 0.3 is 0 Å². The molecule has 0 unspecified atom stereocenters. The predicted molar refractivity (Wildman–Crippen MR) is 132 cm³/mol. The van der Waals surface area contributed by atoms with Gasteiger partial charge in [-0.25, -0.2) is 5.43 Å². The number of carbonyl (C=O) groups is 1. The van der Waals surface area contributed by atoms with Crippen LogP contribution in [0.3, 0.4) is 0 Å². The number of rotatable bonds is 6. The molecule has 166 valence electrons. The van der Waals surface area contributed by atoms with Gasteiger partial charge in [0, 0.05) is 27.7 Å². The van der Waals surface area contributed by atoms with E-state index in [2.05, 4.69) is 15.1 Å². The lowest BCUT2D eigenvalue weighted by molar-refractivity contribution is -0.136. The molecule has 2 N–H and O–H groups in total. The average Bonchev–Trinajstić information content (AvgIpc) is 3.12. The average molecular weight is 458 g/mol. The normalized spacial score (nSPS) is 11.6. The molecule has 0 saturated heterocycles. The number of hydrogen-bond acceptors (Lipinski definition) is 3. The largest absolute Gasteiger partial charge is 0.372 e. The van der Waals surface area contributed by atoms with Crippen LogP contribution in [-0.4, -0.2) is 21.8 Å². The Kier molecular flexibility index (Phi) is 6.45. The Balaban J connectivity index is 1.61. The highest BCUT2D eigenvalue weighted by Gasteiger charge is 2.39. The van der Waals surface area contributed by atoms with Crippen LogP contribution in [0.25, 0.3) is 5.69 Å². The number of aromatic nitrogens is 1. The fourth-order valence-corrected chi connectivity index (χ4v) is 4.14. The second-order valence-electron chi connectivity index (χ2n) is 7.78. The summed E-state index contributed by atoms with van der Waals surface area (Å²) in [6, 6.07) is 27.3. The van der Waals surface area contributed by atoms with Gasteiger partial charge in [-0.3, -0.25) is 4.79 Å². The molecule has 0 atom stereocenters. The highest BCUT2D eigenvalue weighted by molar-refractivity contribution is 6.30. The SMILES string of the molecule is Cc1cc(/C=N\NC(=O)C(O)(c2ccccc2)c2ccccc2)c(C)n1-c1cccc(Cl)c1. The number of amides is 1. The molecule has 1 heterocycles. The lowest BCUT2D eigenvalue weighted by Crippen LogP contribution is -2.43.